The van der Waals surface area contributed by atoms with E-state index in [0.29, 0.717) is 28.6 Å². The summed E-state index contributed by atoms with van der Waals surface area (Å²) >= 11 is 0. The van der Waals surface area contributed by atoms with Gasteiger partial charge in [0, 0.05) is 36.0 Å². The summed E-state index contributed by atoms with van der Waals surface area (Å²) in [5.41, 5.74) is 3.80. The van der Waals surface area contributed by atoms with Gasteiger partial charge >= 0.3 is 5.97 Å². The lowest BCUT2D eigenvalue weighted by Crippen LogP contribution is -2.37. The molecule has 0 fully saturated rings. The summed E-state index contributed by atoms with van der Waals surface area (Å²) in [6.07, 6.45) is 1.78. The molecule has 4 N–H and O–H groups in total. The number of H-pyrrole nitrogens is 1. The number of carbonyl (C=O) groups excluding carboxylic acids is 2. The van der Waals surface area contributed by atoms with E-state index in [2.05, 4.69) is 15.6 Å². The molecule has 0 aliphatic rings. The fourth-order valence-electron chi connectivity index (χ4n) is 5.19. The van der Waals surface area contributed by atoms with Gasteiger partial charge in [0.2, 0.25) is 5.91 Å². The van der Waals surface area contributed by atoms with Crippen LogP contribution in [0.25, 0.3) is 10.8 Å². The van der Waals surface area contributed by atoms with Crippen LogP contribution in [0.5, 0.6) is 0 Å². The first kappa shape index (κ1) is 30.9. The van der Waals surface area contributed by atoms with Crippen LogP contribution in [0.4, 0.5) is 11.4 Å². The number of fused-ring (bicyclic) bond motifs is 1. The molecule has 1 amide bonds. The van der Waals surface area contributed by atoms with Crippen LogP contribution in [0.3, 0.4) is 0 Å². The van der Waals surface area contributed by atoms with Crippen LogP contribution in [-0.4, -0.2) is 40.1 Å². The van der Waals surface area contributed by atoms with Crippen molar-refractivity contribution in [3.05, 3.63) is 115 Å². The highest BCUT2D eigenvalue weighted by Crippen LogP contribution is 2.29. The number of hydrogen-bond donors (Lipinski definition) is 4. The van der Waals surface area contributed by atoms with Crippen LogP contribution in [-0.2, 0) is 20.7 Å². The van der Waals surface area contributed by atoms with E-state index in [0.717, 1.165) is 22.1 Å². The number of ether oxygens (including phenoxy) is 1. The number of aliphatic hydroxyl groups excluding tert-OH is 1. The van der Waals surface area contributed by atoms with Gasteiger partial charge in [-0.15, -0.1) is 0 Å². The van der Waals surface area contributed by atoms with Gasteiger partial charge in [-0.05, 0) is 78.6 Å². The van der Waals surface area contributed by atoms with Crippen LogP contribution in [0.15, 0.2) is 71.7 Å². The smallest absolute Gasteiger partial charge is 0.308 e. The lowest BCUT2D eigenvalue weighted by atomic mass is 9.93. The molecule has 0 aliphatic carbocycles. The van der Waals surface area contributed by atoms with Gasteiger partial charge in [0.25, 0.3) is 11.2 Å². The van der Waals surface area contributed by atoms with Crippen molar-refractivity contribution in [1.29, 1.82) is 0 Å². The fraction of sp³-hybridized carbons (Fsp3) is 0.281. The minimum absolute atomic E-state index is 0.0203. The number of pyridine rings is 1. The van der Waals surface area contributed by atoms with Crippen molar-refractivity contribution >= 4 is 34.0 Å². The first-order valence-electron chi connectivity index (χ1n) is 13.9. The Balaban J connectivity index is 1.76. The average Bonchev–Trinajstić information content (AvgIpc) is 2.97. The van der Waals surface area contributed by atoms with E-state index in [-0.39, 0.29) is 30.9 Å². The van der Waals surface area contributed by atoms with Crippen molar-refractivity contribution in [2.75, 3.05) is 18.5 Å². The number of esters is 1. The molecule has 0 radical (unpaired) electrons. The molecular formula is C32H34N4O7. The van der Waals surface area contributed by atoms with Crippen LogP contribution in [0.1, 0.15) is 53.2 Å². The molecule has 43 heavy (non-hydrogen) atoms. The Labute approximate surface area is 248 Å². The topological polar surface area (TPSA) is 164 Å². The fourth-order valence-corrected chi connectivity index (χ4v) is 5.19. The largest absolute Gasteiger partial charge is 0.466 e. The summed E-state index contributed by atoms with van der Waals surface area (Å²) in [4.78, 5) is 52.6. The maximum Gasteiger partial charge on any atom is 0.308 e. The lowest BCUT2D eigenvalue weighted by Gasteiger charge is -2.25. The van der Waals surface area contributed by atoms with Crippen molar-refractivity contribution < 1.29 is 24.4 Å². The van der Waals surface area contributed by atoms with Crippen molar-refractivity contribution in [2.24, 2.45) is 0 Å². The van der Waals surface area contributed by atoms with Gasteiger partial charge in [0.1, 0.15) is 6.04 Å². The van der Waals surface area contributed by atoms with E-state index < -0.39 is 28.9 Å². The minimum Gasteiger partial charge on any atom is -0.466 e. The molecule has 4 rings (SSSR count). The zero-order valence-electron chi connectivity index (χ0n) is 24.2. The number of nitro groups is 1. The van der Waals surface area contributed by atoms with Gasteiger partial charge in [-0.25, -0.2) is 0 Å². The Kier molecular flexibility index (Phi) is 9.89. The summed E-state index contributed by atoms with van der Waals surface area (Å²) in [6.45, 7) is 5.59. The number of nitrogens with one attached hydrogen (secondary N) is 3. The molecule has 11 nitrogen and oxygen atoms in total. The molecular weight excluding hydrogens is 552 g/mol. The predicted octanol–water partition coefficient (Wildman–Crippen LogP) is 4.55. The number of aryl methyl sites for hydroxylation is 2. The summed E-state index contributed by atoms with van der Waals surface area (Å²) in [5, 5.41) is 28.3. The molecule has 11 heteroatoms. The molecule has 0 saturated carbocycles. The maximum atomic E-state index is 14.1. The first-order chi connectivity index (χ1) is 20.6. The predicted molar refractivity (Wildman–Crippen MR) is 163 cm³/mol. The molecule has 1 heterocycles. The van der Waals surface area contributed by atoms with Crippen molar-refractivity contribution in [3.63, 3.8) is 0 Å². The number of hydrogen-bond acceptors (Lipinski definition) is 8. The molecule has 0 bridgehead atoms. The Morgan fingerprint density at radius 3 is 2.47 bits per heavy atom. The zero-order chi connectivity index (χ0) is 31.1. The SMILES string of the molecule is CCOC(=O)C[C@@H](NC(=O)C(Nc1ccc2cc[nH]c(=O)c2c1)c1cc(C)c(CCO)c(C)c1)c1cccc([N+](=O)[O-])c1. The van der Waals surface area contributed by atoms with Gasteiger partial charge in [-0.1, -0.05) is 30.3 Å². The molecule has 1 aromatic heterocycles. The van der Waals surface area contributed by atoms with Gasteiger partial charge in [0.15, 0.2) is 0 Å². The summed E-state index contributed by atoms with van der Waals surface area (Å²) in [7, 11) is 0. The highest BCUT2D eigenvalue weighted by molar-refractivity contribution is 5.89. The number of nitrogens with zero attached hydrogens (tertiary/aromatic N) is 1. The van der Waals surface area contributed by atoms with E-state index in [1.165, 1.54) is 18.2 Å². The third kappa shape index (κ3) is 7.44. The highest BCUT2D eigenvalue weighted by atomic mass is 16.6. The Hall–Kier alpha value is -5.03. The second-order valence-corrected chi connectivity index (χ2v) is 10.2. The van der Waals surface area contributed by atoms with Crippen LogP contribution in [0, 0.1) is 24.0 Å². The molecule has 0 saturated heterocycles. The lowest BCUT2D eigenvalue weighted by molar-refractivity contribution is -0.384. The number of rotatable bonds is 12. The van der Waals surface area contributed by atoms with Gasteiger partial charge in [-0.3, -0.25) is 24.5 Å². The normalized spacial score (nSPS) is 12.4. The van der Waals surface area contributed by atoms with E-state index in [9.17, 15) is 29.6 Å². The number of aromatic nitrogens is 1. The molecule has 4 aromatic rings. The first-order valence-corrected chi connectivity index (χ1v) is 13.9. The Bertz CT molecular complexity index is 1690. The van der Waals surface area contributed by atoms with Crippen LogP contribution >= 0.6 is 0 Å². The molecule has 2 atom stereocenters. The van der Waals surface area contributed by atoms with Gasteiger partial charge in [0.05, 0.1) is 24.0 Å². The van der Waals surface area contributed by atoms with Crippen LogP contribution < -0.4 is 16.2 Å². The summed E-state index contributed by atoms with van der Waals surface area (Å²) in [6, 6.07) is 14.5. The third-order valence-electron chi connectivity index (χ3n) is 7.24. The van der Waals surface area contributed by atoms with Crippen molar-refractivity contribution in [1.82, 2.24) is 10.3 Å². The number of non-ortho nitro benzene ring substituents is 1. The second kappa shape index (κ2) is 13.8. The molecule has 3 aromatic carbocycles. The zero-order valence-corrected chi connectivity index (χ0v) is 24.2. The van der Waals surface area contributed by atoms with E-state index >= 15 is 0 Å². The molecule has 0 aliphatic heterocycles. The van der Waals surface area contributed by atoms with Gasteiger partial charge < -0.3 is 25.5 Å². The molecule has 0 spiro atoms. The summed E-state index contributed by atoms with van der Waals surface area (Å²) < 4.78 is 5.12. The van der Waals surface area contributed by atoms with E-state index in [1.807, 2.05) is 26.0 Å². The van der Waals surface area contributed by atoms with E-state index in [1.54, 1.807) is 43.5 Å². The minimum atomic E-state index is -0.982. The molecule has 224 valence electrons. The number of amides is 1. The third-order valence-corrected chi connectivity index (χ3v) is 7.24. The van der Waals surface area contributed by atoms with Crippen LogP contribution in [0.2, 0.25) is 0 Å². The Morgan fingerprint density at radius 1 is 1.05 bits per heavy atom. The van der Waals surface area contributed by atoms with Gasteiger partial charge in [-0.2, -0.15) is 0 Å². The van der Waals surface area contributed by atoms with Crippen molar-refractivity contribution in [2.45, 2.75) is 45.7 Å². The highest BCUT2D eigenvalue weighted by Gasteiger charge is 2.28. The number of carbonyl (C=O) groups is 2. The number of aliphatic hydroxyl groups is 1. The Morgan fingerprint density at radius 2 is 1.79 bits per heavy atom. The maximum absolute atomic E-state index is 14.1. The number of anilines is 1. The standard InChI is InChI=1S/C32H34N4O7/c1-4-43-29(38)18-28(22-6-5-7-25(16-22)36(41)42)35-32(40)30(23-14-19(2)26(11-13-37)20(3)15-23)34-24-9-8-21-10-12-33-31(39)27(21)17-24/h5-10,12,14-17,28,30,34,37H,4,11,13,18H2,1-3H3,(H,33,39)(H,35,40)/t28-,30?/m1/s1. The number of aromatic amines is 1. The quantitative estimate of drug-likeness (QED) is 0.107. The monoisotopic (exact) mass is 586 g/mol. The van der Waals surface area contributed by atoms with E-state index in [4.69, 9.17) is 4.74 Å². The second-order valence-electron chi connectivity index (χ2n) is 10.2. The van der Waals surface area contributed by atoms with Crippen molar-refractivity contribution in [3.8, 4) is 0 Å². The summed E-state index contributed by atoms with van der Waals surface area (Å²) in [5.74, 6) is -1.07. The number of nitro benzene ring substituents is 1. The average molecular weight is 587 g/mol. The molecule has 1 unspecified atom stereocenters. The number of benzene rings is 3.